The zero-order chi connectivity index (χ0) is 9.73. The topological polar surface area (TPSA) is 29.1 Å². The monoisotopic (exact) mass is 183 g/mol. The van der Waals surface area contributed by atoms with E-state index in [0.29, 0.717) is 11.2 Å². The lowest BCUT2D eigenvalue weighted by Crippen LogP contribution is -2.36. The normalized spacial score (nSPS) is 21.8. The predicted molar refractivity (Wildman–Crippen MR) is 54.7 cm³/mol. The molecule has 2 nitrogen and oxygen atoms in total. The Morgan fingerprint density at radius 3 is 2.46 bits per heavy atom. The van der Waals surface area contributed by atoms with Crippen LogP contribution in [0.1, 0.15) is 45.4 Å². The second-order valence-corrected chi connectivity index (χ2v) is 4.32. The van der Waals surface area contributed by atoms with E-state index in [0.717, 1.165) is 32.2 Å². The Hall–Kier alpha value is -0.370. The summed E-state index contributed by atoms with van der Waals surface area (Å²) < 4.78 is 0. The van der Waals surface area contributed by atoms with Gasteiger partial charge in [-0.3, -0.25) is 4.79 Å². The van der Waals surface area contributed by atoms with E-state index in [-0.39, 0.29) is 0 Å². The number of nitrogens with one attached hydrogen (secondary N) is 1. The van der Waals surface area contributed by atoms with Crippen LogP contribution in [0, 0.1) is 5.41 Å². The Labute approximate surface area is 81.1 Å². The zero-order valence-corrected chi connectivity index (χ0v) is 8.86. The highest BCUT2D eigenvalue weighted by molar-refractivity contribution is 5.79. The molecule has 2 heteroatoms. The van der Waals surface area contributed by atoms with Gasteiger partial charge in [0.05, 0.1) is 0 Å². The first-order valence-electron chi connectivity index (χ1n) is 5.39. The van der Waals surface area contributed by atoms with Crippen LogP contribution in [0.25, 0.3) is 0 Å². The summed E-state index contributed by atoms with van der Waals surface area (Å²) in [4.78, 5) is 11.1. The molecule has 0 amide bonds. The Morgan fingerprint density at radius 2 is 2.00 bits per heavy atom. The molecule has 0 unspecified atom stereocenters. The fourth-order valence-corrected chi connectivity index (χ4v) is 2.48. The highest BCUT2D eigenvalue weighted by Gasteiger charge is 2.32. The minimum atomic E-state index is 0.428. The highest BCUT2D eigenvalue weighted by Crippen LogP contribution is 2.38. The molecule has 0 heterocycles. The molecule has 1 fully saturated rings. The Bertz CT molecular complexity index is 159. The molecular formula is C11H21NO. The first kappa shape index (κ1) is 10.7. The number of hydrogen-bond donors (Lipinski definition) is 1. The zero-order valence-electron chi connectivity index (χ0n) is 8.86. The van der Waals surface area contributed by atoms with E-state index in [2.05, 4.69) is 12.2 Å². The molecule has 0 saturated heterocycles. The molecule has 0 radical (unpaired) electrons. The molecule has 1 saturated carbocycles. The van der Waals surface area contributed by atoms with Crippen molar-refractivity contribution in [2.24, 2.45) is 5.41 Å². The van der Waals surface area contributed by atoms with Crippen LogP contribution in [0.15, 0.2) is 0 Å². The lowest BCUT2D eigenvalue weighted by atomic mass is 9.71. The molecule has 13 heavy (non-hydrogen) atoms. The van der Waals surface area contributed by atoms with E-state index in [1.165, 1.54) is 12.8 Å². The summed E-state index contributed by atoms with van der Waals surface area (Å²) in [5, 5.41) is 3.27. The van der Waals surface area contributed by atoms with Crippen LogP contribution in [0.3, 0.4) is 0 Å². The van der Waals surface area contributed by atoms with E-state index in [9.17, 15) is 4.79 Å². The summed E-state index contributed by atoms with van der Waals surface area (Å²) in [6.45, 7) is 3.31. The van der Waals surface area contributed by atoms with Gasteiger partial charge in [0.15, 0.2) is 0 Å². The van der Waals surface area contributed by atoms with E-state index >= 15 is 0 Å². The lowest BCUT2D eigenvalue weighted by Gasteiger charge is -2.36. The van der Waals surface area contributed by atoms with Crippen molar-refractivity contribution in [3.05, 3.63) is 0 Å². The van der Waals surface area contributed by atoms with Gasteiger partial charge in [0.2, 0.25) is 0 Å². The Morgan fingerprint density at radius 1 is 1.38 bits per heavy atom. The molecule has 0 spiro atoms. The van der Waals surface area contributed by atoms with Gasteiger partial charge in [-0.1, -0.05) is 13.3 Å². The van der Waals surface area contributed by atoms with E-state index in [1.807, 2.05) is 7.05 Å². The number of hydrogen-bond acceptors (Lipinski definition) is 2. The van der Waals surface area contributed by atoms with Crippen molar-refractivity contribution >= 4 is 5.78 Å². The molecule has 1 aliphatic carbocycles. The number of rotatable bonds is 4. The van der Waals surface area contributed by atoms with E-state index < -0.39 is 0 Å². The third-order valence-electron chi connectivity index (χ3n) is 3.20. The first-order chi connectivity index (χ1) is 6.22. The lowest BCUT2D eigenvalue weighted by molar-refractivity contribution is -0.122. The van der Waals surface area contributed by atoms with Gasteiger partial charge in [-0.15, -0.1) is 0 Å². The van der Waals surface area contributed by atoms with Crippen molar-refractivity contribution in [2.75, 3.05) is 13.6 Å². The summed E-state index contributed by atoms with van der Waals surface area (Å²) in [6, 6.07) is 0. The fraction of sp³-hybridized carbons (Fsp3) is 0.909. The maximum atomic E-state index is 11.1. The van der Waals surface area contributed by atoms with Gasteiger partial charge in [0.25, 0.3) is 0 Å². The molecule has 0 aromatic heterocycles. The van der Waals surface area contributed by atoms with Crippen LogP contribution in [0.2, 0.25) is 0 Å². The highest BCUT2D eigenvalue weighted by atomic mass is 16.1. The van der Waals surface area contributed by atoms with Crippen LogP contribution in [0.4, 0.5) is 0 Å². The SMILES string of the molecule is CCCC1(CNC)CCC(=O)CC1. The molecule has 76 valence electrons. The number of ketones is 1. The quantitative estimate of drug-likeness (QED) is 0.723. The predicted octanol–water partition coefficient (Wildman–Crippen LogP) is 2.14. The molecule has 0 aromatic carbocycles. The molecular weight excluding hydrogens is 162 g/mol. The number of carbonyl (C=O) groups excluding carboxylic acids is 1. The van der Waals surface area contributed by atoms with Crippen LogP contribution in [-0.4, -0.2) is 19.4 Å². The molecule has 1 rings (SSSR count). The molecule has 1 N–H and O–H groups in total. The largest absolute Gasteiger partial charge is 0.319 e. The minimum Gasteiger partial charge on any atom is -0.319 e. The standard InChI is InChI=1S/C11H21NO/c1-3-6-11(9-12-2)7-4-10(13)5-8-11/h12H,3-9H2,1-2H3. The average Bonchev–Trinajstić information content (AvgIpc) is 2.11. The van der Waals surface area contributed by atoms with Crippen LogP contribution in [0.5, 0.6) is 0 Å². The number of Topliss-reactive ketones (excluding diaryl/α,β-unsaturated/α-hetero) is 1. The van der Waals surface area contributed by atoms with Crippen LogP contribution in [-0.2, 0) is 4.79 Å². The van der Waals surface area contributed by atoms with Crippen molar-refractivity contribution in [3.63, 3.8) is 0 Å². The van der Waals surface area contributed by atoms with Gasteiger partial charge < -0.3 is 5.32 Å². The number of carbonyl (C=O) groups is 1. The van der Waals surface area contributed by atoms with Gasteiger partial charge in [0.1, 0.15) is 5.78 Å². The van der Waals surface area contributed by atoms with Gasteiger partial charge in [-0.05, 0) is 31.7 Å². The van der Waals surface area contributed by atoms with Crippen LogP contribution < -0.4 is 5.32 Å². The van der Waals surface area contributed by atoms with Gasteiger partial charge in [-0.2, -0.15) is 0 Å². The van der Waals surface area contributed by atoms with Gasteiger partial charge in [-0.25, -0.2) is 0 Å². The third-order valence-corrected chi connectivity index (χ3v) is 3.20. The van der Waals surface area contributed by atoms with Gasteiger partial charge >= 0.3 is 0 Å². The first-order valence-corrected chi connectivity index (χ1v) is 5.39. The summed E-state index contributed by atoms with van der Waals surface area (Å²) in [5.74, 6) is 0.461. The van der Waals surface area contributed by atoms with Crippen molar-refractivity contribution in [1.82, 2.24) is 5.32 Å². The maximum absolute atomic E-state index is 11.1. The maximum Gasteiger partial charge on any atom is 0.132 e. The second-order valence-electron chi connectivity index (χ2n) is 4.32. The molecule has 0 aromatic rings. The van der Waals surface area contributed by atoms with Crippen molar-refractivity contribution in [3.8, 4) is 0 Å². The summed E-state index contributed by atoms with van der Waals surface area (Å²) >= 11 is 0. The minimum absolute atomic E-state index is 0.428. The van der Waals surface area contributed by atoms with Crippen LogP contribution >= 0.6 is 0 Å². The molecule has 0 atom stereocenters. The van der Waals surface area contributed by atoms with E-state index in [4.69, 9.17) is 0 Å². The van der Waals surface area contributed by atoms with E-state index in [1.54, 1.807) is 0 Å². The second kappa shape index (κ2) is 4.75. The smallest absolute Gasteiger partial charge is 0.132 e. The molecule has 0 bridgehead atoms. The Balaban J connectivity index is 2.51. The summed E-state index contributed by atoms with van der Waals surface area (Å²) in [7, 11) is 2.01. The van der Waals surface area contributed by atoms with Gasteiger partial charge in [0, 0.05) is 19.4 Å². The molecule has 1 aliphatic rings. The van der Waals surface area contributed by atoms with Crippen molar-refractivity contribution in [2.45, 2.75) is 45.4 Å². The average molecular weight is 183 g/mol. The summed E-state index contributed by atoms with van der Waals surface area (Å²) in [6.07, 6.45) is 6.31. The Kier molecular flexibility index (Phi) is 3.91. The van der Waals surface area contributed by atoms with Crippen molar-refractivity contribution < 1.29 is 4.79 Å². The fourth-order valence-electron chi connectivity index (χ4n) is 2.48. The van der Waals surface area contributed by atoms with Crippen molar-refractivity contribution in [1.29, 1.82) is 0 Å². The summed E-state index contributed by atoms with van der Waals surface area (Å²) in [5.41, 5.74) is 0.428. The molecule has 0 aliphatic heterocycles. The third kappa shape index (κ3) is 2.80.